The third-order valence-electron chi connectivity index (χ3n) is 0.985. The van der Waals surface area contributed by atoms with E-state index in [9.17, 15) is 9.59 Å². The van der Waals surface area contributed by atoms with Crippen molar-refractivity contribution in [3.63, 3.8) is 0 Å². The van der Waals surface area contributed by atoms with Crippen LogP contribution in [0, 0.1) is 0 Å². The van der Waals surface area contributed by atoms with Gasteiger partial charge in [-0.2, -0.15) is 0 Å². The molecule has 0 aromatic carbocycles. The molecule has 1 aromatic heterocycles. The molecule has 11 heavy (non-hydrogen) atoms. The summed E-state index contributed by atoms with van der Waals surface area (Å²) >= 11 is 0. The summed E-state index contributed by atoms with van der Waals surface area (Å²) in [5, 5.41) is 0. The number of hydrogen-bond donors (Lipinski definition) is 0. The third kappa shape index (κ3) is 1.93. The lowest BCUT2D eigenvalue weighted by Gasteiger charge is -1.93. The highest BCUT2D eigenvalue weighted by Gasteiger charge is 2.08. The van der Waals surface area contributed by atoms with Crippen molar-refractivity contribution in [3.05, 3.63) is 24.2 Å². The van der Waals surface area contributed by atoms with E-state index in [0.717, 1.165) is 0 Å². The third-order valence-corrected chi connectivity index (χ3v) is 0.985. The lowest BCUT2D eigenvalue weighted by atomic mass is 10.5. The Morgan fingerprint density at radius 1 is 1.73 bits per heavy atom. The van der Waals surface area contributed by atoms with Gasteiger partial charge in [-0.1, -0.05) is 0 Å². The monoisotopic (exact) mass is 153 g/mol. The van der Waals surface area contributed by atoms with E-state index in [2.05, 4.69) is 9.15 Å². The van der Waals surface area contributed by atoms with E-state index in [1.807, 2.05) is 0 Å². The lowest BCUT2D eigenvalue weighted by Crippen LogP contribution is -2.05. The molecule has 57 valence electrons. The van der Waals surface area contributed by atoms with Gasteiger partial charge >= 0.3 is 5.97 Å². The zero-order chi connectivity index (χ0) is 8.10. The second kappa shape index (κ2) is 3.55. The van der Waals surface area contributed by atoms with Gasteiger partial charge in [-0.15, -0.1) is 0 Å². The fourth-order valence-electron chi connectivity index (χ4n) is 0.561. The van der Waals surface area contributed by atoms with Crippen molar-refractivity contribution in [2.45, 2.75) is 0 Å². The maximum atomic E-state index is 10.8. The van der Waals surface area contributed by atoms with Crippen LogP contribution in [0.5, 0.6) is 0 Å². The Hall–Kier alpha value is -1.58. The standard InChI is InChI=1S/C7H5O4/c8-3-5-11-7(9)6-2-1-4-10-6/h1-2,4H,5H2. The predicted octanol–water partition coefficient (Wildman–Crippen LogP) is 0.546. The quantitative estimate of drug-likeness (QED) is 0.595. The van der Waals surface area contributed by atoms with Gasteiger partial charge in [0.15, 0.2) is 6.61 Å². The zero-order valence-corrected chi connectivity index (χ0v) is 5.57. The molecule has 0 saturated carbocycles. The normalized spacial score (nSPS) is 9.09. The first kappa shape index (κ1) is 7.53. The highest BCUT2D eigenvalue weighted by atomic mass is 16.5. The maximum absolute atomic E-state index is 10.8. The largest absolute Gasteiger partial charge is 0.457 e. The van der Waals surface area contributed by atoms with Crippen LogP contribution < -0.4 is 0 Å². The summed E-state index contributed by atoms with van der Waals surface area (Å²) in [5.74, 6) is -0.571. The summed E-state index contributed by atoms with van der Waals surface area (Å²) in [4.78, 5) is 20.4. The molecule has 1 heterocycles. The molecule has 0 saturated heterocycles. The Balaban J connectivity index is 2.49. The number of carbonyl (C=O) groups excluding carboxylic acids is 2. The number of rotatable bonds is 3. The number of hydrogen-bond acceptors (Lipinski definition) is 4. The molecule has 0 aliphatic carbocycles. The van der Waals surface area contributed by atoms with Crippen molar-refractivity contribution in [3.8, 4) is 0 Å². The van der Waals surface area contributed by atoms with Crippen molar-refractivity contribution in [2.75, 3.05) is 6.61 Å². The Morgan fingerprint density at radius 2 is 2.55 bits per heavy atom. The molecule has 0 amide bonds. The van der Waals surface area contributed by atoms with Crippen molar-refractivity contribution >= 4 is 12.3 Å². The molecule has 0 spiro atoms. The topological polar surface area (TPSA) is 56.5 Å². The summed E-state index contributed by atoms with van der Waals surface area (Å²) in [6.07, 6.45) is 2.77. The molecule has 4 heteroatoms. The van der Waals surface area contributed by atoms with Gasteiger partial charge in [0.05, 0.1) is 6.26 Å². The van der Waals surface area contributed by atoms with Crippen LogP contribution in [0.1, 0.15) is 10.6 Å². The second-order valence-electron chi connectivity index (χ2n) is 1.70. The van der Waals surface area contributed by atoms with E-state index >= 15 is 0 Å². The van der Waals surface area contributed by atoms with Gasteiger partial charge in [-0.25, -0.2) is 4.79 Å². The fraction of sp³-hybridized carbons (Fsp3) is 0.143. The zero-order valence-electron chi connectivity index (χ0n) is 5.57. The molecule has 0 bridgehead atoms. The van der Waals surface area contributed by atoms with Gasteiger partial charge in [-0.3, -0.25) is 4.79 Å². The molecule has 1 rings (SSSR count). The first-order valence-electron chi connectivity index (χ1n) is 2.90. The number of esters is 1. The average molecular weight is 153 g/mol. The first-order valence-corrected chi connectivity index (χ1v) is 2.90. The van der Waals surface area contributed by atoms with E-state index in [1.165, 1.54) is 18.6 Å². The fourth-order valence-corrected chi connectivity index (χ4v) is 0.561. The molecule has 1 radical (unpaired) electrons. The summed E-state index contributed by atoms with van der Waals surface area (Å²) in [6, 6.07) is 3.01. The summed E-state index contributed by atoms with van der Waals surface area (Å²) < 4.78 is 9.07. The van der Waals surface area contributed by atoms with Crippen molar-refractivity contribution in [1.29, 1.82) is 0 Å². The molecule has 0 aliphatic rings. The van der Waals surface area contributed by atoms with E-state index in [0.29, 0.717) is 0 Å². The van der Waals surface area contributed by atoms with Crippen LogP contribution in [0.25, 0.3) is 0 Å². The van der Waals surface area contributed by atoms with Crippen LogP contribution in [0.4, 0.5) is 0 Å². The number of carbonyl (C=O) groups is 1. The number of furan rings is 1. The van der Waals surface area contributed by atoms with Crippen LogP contribution >= 0.6 is 0 Å². The molecular weight excluding hydrogens is 148 g/mol. The van der Waals surface area contributed by atoms with E-state index in [1.54, 1.807) is 6.07 Å². The van der Waals surface area contributed by atoms with Crippen LogP contribution in [0.2, 0.25) is 0 Å². The van der Waals surface area contributed by atoms with Crippen molar-refractivity contribution < 1.29 is 18.7 Å². The van der Waals surface area contributed by atoms with Crippen molar-refractivity contribution in [1.82, 2.24) is 0 Å². The van der Waals surface area contributed by atoms with Gasteiger partial charge in [0.25, 0.3) is 0 Å². The van der Waals surface area contributed by atoms with E-state index in [4.69, 9.17) is 0 Å². The summed E-state index contributed by atoms with van der Waals surface area (Å²) in [6.45, 7) is -0.362. The van der Waals surface area contributed by atoms with Gasteiger partial charge in [0.1, 0.15) is 0 Å². The molecule has 0 unspecified atom stereocenters. The van der Waals surface area contributed by atoms with Crippen LogP contribution in [0.15, 0.2) is 22.8 Å². The van der Waals surface area contributed by atoms with E-state index in [-0.39, 0.29) is 12.4 Å². The van der Waals surface area contributed by atoms with Gasteiger partial charge in [0, 0.05) is 0 Å². The van der Waals surface area contributed by atoms with Crippen LogP contribution in [0.3, 0.4) is 0 Å². The Morgan fingerprint density at radius 3 is 3.09 bits per heavy atom. The summed E-state index contributed by atoms with van der Waals surface area (Å²) in [5.41, 5.74) is 0. The number of ether oxygens (including phenoxy) is 1. The Bertz CT molecular complexity index is 237. The minimum absolute atomic E-state index is 0.0836. The molecular formula is C7H5O4. The molecule has 0 aliphatic heterocycles. The molecule has 0 atom stereocenters. The molecule has 4 nitrogen and oxygen atoms in total. The van der Waals surface area contributed by atoms with Gasteiger partial charge in [0.2, 0.25) is 12.0 Å². The van der Waals surface area contributed by atoms with E-state index < -0.39 is 5.97 Å². The smallest absolute Gasteiger partial charge is 0.374 e. The second-order valence-corrected chi connectivity index (χ2v) is 1.70. The average Bonchev–Trinajstić information content (AvgIpc) is 2.52. The molecule has 1 aromatic rings. The van der Waals surface area contributed by atoms with Gasteiger partial charge < -0.3 is 9.15 Å². The Kier molecular flexibility index (Phi) is 2.43. The van der Waals surface area contributed by atoms with Crippen LogP contribution in [-0.4, -0.2) is 18.9 Å². The highest BCUT2D eigenvalue weighted by molar-refractivity contribution is 5.86. The first-order chi connectivity index (χ1) is 5.34. The SMILES string of the molecule is O=[C]COC(=O)c1ccco1. The van der Waals surface area contributed by atoms with Crippen LogP contribution in [-0.2, 0) is 9.53 Å². The molecule has 0 N–H and O–H groups in total. The Labute approximate surface area is 62.8 Å². The predicted molar refractivity (Wildman–Crippen MR) is 34.7 cm³/mol. The molecule has 0 fully saturated rings. The minimum atomic E-state index is -0.654. The summed E-state index contributed by atoms with van der Waals surface area (Å²) in [7, 11) is 0. The highest BCUT2D eigenvalue weighted by Crippen LogP contribution is 2.01. The maximum Gasteiger partial charge on any atom is 0.374 e. The lowest BCUT2D eigenvalue weighted by molar-refractivity contribution is 0.0525. The van der Waals surface area contributed by atoms with Crippen molar-refractivity contribution in [2.24, 2.45) is 0 Å². The minimum Gasteiger partial charge on any atom is -0.457 e. The van der Waals surface area contributed by atoms with Gasteiger partial charge in [-0.05, 0) is 12.1 Å².